The first-order valence-electron chi connectivity index (χ1n) is 5.28. The average molecular weight is 257 g/mol. The standard InChI is InChI=1S/C13H11ClF2O/c1-2-12-9(5-6-17-12)13(14)10-7-8(15)3-4-11(10)16/h3-7,13H,2H2,1H3. The molecule has 0 N–H and O–H groups in total. The topological polar surface area (TPSA) is 13.1 Å². The quantitative estimate of drug-likeness (QED) is 0.740. The summed E-state index contributed by atoms with van der Waals surface area (Å²) in [6, 6.07) is 4.94. The molecular weight excluding hydrogens is 246 g/mol. The van der Waals surface area contributed by atoms with E-state index in [1.165, 1.54) is 6.26 Å². The third-order valence-electron chi connectivity index (χ3n) is 2.61. The molecule has 0 spiro atoms. The highest BCUT2D eigenvalue weighted by atomic mass is 35.5. The van der Waals surface area contributed by atoms with Crippen LogP contribution in [0.4, 0.5) is 8.78 Å². The molecular formula is C13H11ClF2O. The van der Waals surface area contributed by atoms with Crippen LogP contribution in [0.2, 0.25) is 0 Å². The number of rotatable bonds is 3. The second kappa shape index (κ2) is 4.88. The Morgan fingerprint density at radius 3 is 2.71 bits per heavy atom. The lowest BCUT2D eigenvalue weighted by Gasteiger charge is -2.10. The van der Waals surface area contributed by atoms with E-state index in [9.17, 15) is 8.78 Å². The molecule has 0 aliphatic heterocycles. The van der Waals surface area contributed by atoms with Gasteiger partial charge in [0.1, 0.15) is 17.4 Å². The van der Waals surface area contributed by atoms with Crippen molar-refractivity contribution in [3.63, 3.8) is 0 Å². The predicted octanol–water partition coefficient (Wildman–Crippen LogP) is 4.45. The predicted molar refractivity (Wildman–Crippen MR) is 62.1 cm³/mol. The number of hydrogen-bond donors (Lipinski definition) is 0. The summed E-state index contributed by atoms with van der Waals surface area (Å²) in [5.41, 5.74) is 0.807. The maximum absolute atomic E-state index is 13.6. The molecule has 0 bridgehead atoms. The average Bonchev–Trinajstić information content (AvgIpc) is 2.79. The molecule has 1 aromatic carbocycles. The Balaban J connectivity index is 2.43. The van der Waals surface area contributed by atoms with Gasteiger partial charge in [-0.1, -0.05) is 6.92 Å². The fourth-order valence-corrected chi connectivity index (χ4v) is 2.10. The van der Waals surface area contributed by atoms with E-state index in [1.807, 2.05) is 6.92 Å². The maximum Gasteiger partial charge on any atom is 0.128 e. The summed E-state index contributed by atoms with van der Waals surface area (Å²) in [4.78, 5) is 0. The van der Waals surface area contributed by atoms with Crippen LogP contribution in [-0.4, -0.2) is 0 Å². The van der Waals surface area contributed by atoms with Crippen LogP contribution in [0.15, 0.2) is 34.9 Å². The fraction of sp³-hybridized carbons (Fsp3) is 0.231. The lowest BCUT2D eigenvalue weighted by molar-refractivity contribution is 0.511. The highest BCUT2D eigenvalue weighted by Crippen LogP contribution is 2.33. The molecule has 0 aliphatic carbocycles. The Hall–Kier alpha value is -1.35. The summed E-state index contributed by atoms with van der Waals surface area (Å²) in [5.74, 6) is -0.336. The third kappa shape index (κ3) is 2.34. The number of benzene rings is 1. The van der Waals surface area contributed by atoms with E-state index in [0.717, 1.165) is 18.2 Å². The molecule has 0 saturated heterocycles. The highest BCUT2D eigenvalue weighted by Gasteiger charge is 2.20. The summed E-state index contributed by atoms with van der Waals surface area (Å²) >= 11 is 6.17. The van der Waals surface area contributed by atoms with Crippen molar-refractivity contribution in [1.29, 1.82) is 0 Å². The van der Waals surface area contributed by atoms with E-state index in [0.29, 0.717) is 17.7 Å². The second-order valence-corrected chi connectivity index (χ2v) is 4.12. The van der Waals surface area contributed by atoms with Gasteiger partial charge in [-0.25, -0.2) is 8.78 Å². The molecule has 1 aromatic heterocycles. The largest absolute Gasteiger partial charge is 0.469 e. The molecule has 1 heterocycles. The first-order valence-corrected chi connectivity index (χ1v) is 5.72. The van der Waals surface area contributed by atoms with Crippen molar-refractivity contribution in [2.45, 2.75) is 18.7 Å². The van der Waals surface area contributed by atoms with Gasteiger partial charge < -0.3 is 4.42 Å². The summed E-state index contributed by atoms with van der Waals surface area (Å²) in [5, 5.41) is -0.737. The van der Waals surface area contributed by atoms with E-state index >= 15 is 0 Å². The van der Waals surface area contributed by atoms with Crippen LogP contribution in [0.3, 0.4) is 0 Å². The minimum Gasteiger partial charge on any atom is -0.469 e. The van der Waals surface area contributed by atoms with Crippen molar-refractivity contribution in [2.75, 3.05) is 0 Å². The van der Waals surface area contributed by atoms with Crippen molar-refractivity contribution in [2.24, 2.45) is 0 Å². The zero-order chi connectivity index (χ0) is 12.4. The Bertz CT molecular complexity index is 522. The van der Waals surface area contributed by atoms with Crippen molar-refractivity contribution in [1.82, 2.24) is 0 Å². The molecule has 1 atom stereocenters. The van der Waals surface area contributed by atoms with Gasteiger partial charge >= 0.3 is 0 Å². The van der Waals surface area contributed by atoms with E-state index in [4.69, 9.17) is 16.0 Å². The van der Waals surface area contributed by atoms with E-state index in [2.05, 4.69) is 0 Å². The van der Waals surface area contributed by atoms with Crippen LogP contribution in [-0.2, 0) is 6.42 Å². The summed E-state index contributed by atoms with van der Waals surface area (Å²) in [6.45, 7) is 1.91. The van der Waals surface area contributed by atoms with Gasteiger partial charge in [-0.05, 0) is 24.3 Å². The van der Waals surface area contributed by atoms with Crippen LogP contribution in [0.5, 0.6) is 0 Å². The maximum atomic E-state index is 13.6. The van der Waals surface area contributed by atoms with Gasteiger partial charge in [-0.15, -0.1) is 11.6 Å². The van der Waals surface area contributed by atoms with Crippen LogP contribution >= 0.6 is 11.6 Å². The molecule has 17 heavy (non-hydrogen) atoms. The molecule has 2 aromatic rings. The lowest BCUT2D eigenvalue weighted by Crippen LogP contribution is -1.99. The lowest BCUT2D eigenvalue weighted by atomic mass is 10.0. The van der Waals surface area contributed by atoms with Crippen molar-refractivity contribution >= 4 is 11.6 Å². The number of halogens is 3. The summed E-state index contributed by atoms with van der Waals surface area (Å²) in [7, 11) is 0. The molecule has 0 fully saturated rings. The van der Waals surface area contributed by atoms with Crippen LogP contribution in [0.1, 0.15) is 29.2 Å². The minimum absolute atomic E-state index is 0.128. The molecule has 0 radical (unpaired) electrons. The number of hydrogen-bond acceptors (Lipinski definition) is 1. The van der Waals surface area contributed by atoms with Gasteiger partial charge in [-0.2, -0.15) is 0 Å². The smallest absolute Gasteiger partial charge is 0.128 e. The molecule has 1 nitrogen and oxygen atoms in total. The highest BCUT2D eigenvalue weighted by molar-refractivity contribution is 6.22. The van der Waals surface area contributed by atoms with E-state index in [1.54, 1.807) is 6.07 Å². The van der Waals surface area contributed by atoms with Crippen molar-refractivity contribution in [3.05, 3.63) is 59.1 Å². The molecule has 90 valence electrons. The van der Waals surface area contributed by atoms with Crippen LogP contribution < -0.4 is 0 Å². The van der Waals surface area contributed by atoms with Gasteiger partial charge in [0.2, 0.25) is 0 Å². The first-order chi connectivity index (χ1) is 8.13. The van der Waals surface area contributed by atoms with Gasteiger partial charge in [0.05, 0.1) is 11.6 Å². The number of furan rings is 1. The molecule has 0 aliphatic rings. The third-order valence-corrected chi connectivity index (χ3v) is 3.08. The Labute approximate surface area is 103 Å². The summed E-state index contributed by atoms with van der Waals surface area (Å²) in [6.07, 6.45) is 2.16. The second-order valence-electron chi connectivity index (χ2n) is 3.68. The molecule has 4 heteroatoms. The van der Waals surface area contributed by atoms with Gasteiger partial charge in [0, 0.05) is 17.5 Å². The van der Waals surface area contributed by atoms with Crippen LogP contribution in [0, 0.1) is 11.6 Å². The van der Waals surface area contributed by atoms with E-state index < -0.39 is 17.0 Å². The Morgan fingerprint density at radius 1 is 1.24 bits per heavy atom. The van der Waals surface area contributed by atoms with Crippen LogP contribution in [0.25, 0.3) is 0 Å². The zero-order valence-electron chi connectivity index (χ0n) is 9.21. The zero-order valence-corrected chi connectivity index (χ0v) is 9.97. The minimum atomic E-state index is -0.737. The summed E-state index contributed by atoms with van der Waals surface area (Å²) < 4.78 is 31.9. The van der Waals surface area contributed by atoms with E-state index in [-0.39, 0.29) is 5.56 Å². The normalized spacial score (nSPS) is 12.7. The SMILES string of the molecule is CCc1occc1C(Cl)c1cc(F)ccc1F. The molecule has 2 rings (SSSR count). The first kappa shape index (κ1) is 12.1. The van der Waals surface area contributed by atoms with Crippen molar-refractivity contribution < 1.29 is 13.2 Å². The monoisotopic (exact) mass is 256 g/mol. The Morgan fingerprint density at radius 2 is 2.00 bits per heavy atom. The number of alkyl halides is 1. The number of aryl methyl sites for hydroxylation is 1. The van der Waals surface area contributed by atoms with Gasteiger partial charge in [0.25, 0.3) is 0 Å². The molecule has 0 amide bonds. The Kier molecular flexibility index (Phi) is 3.48. The molecule has 1 unspecified atom stereocenters. The van der Waals surface area contributed by atoms with Gasteiger partial charge in [-0.3, -0.25) is 0 Å². The molecule has 0 saturated carbocycles. The van der Waals surface area contributed by atoms with Crippen molar-refractivity contribution in [3.8, 4) is 0 Å². The fourth-order valence-electron chi connectivity index (χ4n) is 1.74. The van der Waals surface area contributed by atoms with Gasteiger partial charge in [0.15, 0.2) is 0 Å².